The zero-order valence-electron chi connectivity index (χ0n) is 14.3. The van der Waals surface area contributed by atoms with Gasteiger partial charge in [0.2, 0.25) is 0 Å². The van der Waals surface area contributed by atoms with Gasteiger partial charge in [0.1, 0.15) is 0 Å². The van der Waals surface area contributed by atoms with E-state index in [9.17, 15) is 4.79 Å². The lowest BCUT2D eigenvalue weighted by Crippen LogP contribution is -2.17. The number of nitrogens with zero attached hydrogens (tertiary/aromatic N) is 1. The van der Waals surface area contributed by atoms with Gasteiger partial charge in [-0.1, -0.05) is 31.0 Å². The second-order valence-corrected chi connectivity index (χ2v) is 5.76. The van der Waals surface area contributed by atoms with Crippen molar-refractivity contribution in [3.63, 3.8) is 0 Å². The van der Waals surface area contributed by atoms with E-state index in [-0.39, 0.29) is 5.91 Å². The van der Waals surface area contributed by atoms with Crippen LogP contribution in [0.5, 0.6) is 11.5 Å². The van der Waals surface area contributed by atoms with Crippen molar-refractivity contribution in [1.29, 1.82) is 0 Å². The van der Waals surface area contributed by atoms with Gasteiger partial charge in [-0.25, -0.2) is 5.43 Å². The lowest BCUT2D eigenvalue weighted by atomic mass is 10.2. The predicted octanol–water partition coefficient (Wildman–Crippen LogP) is 4.29. The van der Waals surface area contributed by atoms with Crippen molar-refractivity contribution >= 4 is 23.7 Å². The van der Waals surface area contributed by atoms with Gasteiger partial charge in [0.25, 0.3) is 5.91 Å². The first kappa shape index (κ1) is 18.8. The smallest absolute Gasteiger partial charge is 0.271 e. The van der Waals surface area contributed by atoms with Gasteiger partial charge in [-0.3, -0.25) is 4.79 Å². The normalized spacial score (nSPS) is 10.7. The van der Waals surface area contributed by atoms with Crippen molar-refractivity contribution in [1.82, 2.24) is 5.43 Å². The standard InChI is InChI=1S/C19H21ClN2O3/c1-3-4-10-25-17-9-8-14(11-18(17)24-2)13-21-22-19(23)15-6-5-7-16(20)12-15/h5-9,11-13H,3-4,10H2,1-2H3,(H,22,23)/b21-13-. The number of halogens is 1. The summed E-state index contributed by atoms with van der Waals surface area (Å²) in [5.41, 5.74) is 3.70. The molecule has 0 spiro atoms. The number of ether oxygens (including phenoxy) is 2. The number of benzene rings is 2. The topological polar surface area (TPSA) is 59.9 Å². The highest BCUT2D eigenvalue weighted by Crippen LogP contribution is 2.27. The molecule has 0 aromatic heterocycles. The van der Waals surface area contributed by atoms with E-state index in [2.05, 4.69) is 17.5 Å². The van der Waals surface area contributed by atoms with E-state index in [0.717, 1.165) is 18.4 Å². The van der Waals surface area contributed by atoms with Crippen molar-refractivity contribution in [2.24, 2.45) is 5.10 Å². The molecule has 0 aliphatic rings. The van der Waals surface area contributed by atoms with Crippen molar-refractivity contribution in [2.45, 2.75) is 19.8 Å². The fourth-order valence-corrected chi connectivity index (χ4v) is 2.26. The number of methoxy groups -OCH3 is 1. The Labute approximate surface area is 152 Å². The van der Waals surface area contributed by atoms with Crippen molar-refractivity contribution in [3.8, 4) is 11.5 Å². The van der Waals surface area contributed by atoms with Crippen molar-refractivity contribution < 1.29 is 14.3 Å². The summed E-state index contributed by atoms with van der Waals surface area (Å²) in [6.45, 7) is 2.76. The number of rotatable bonds is 8. The Morgan fingerprint density at radius 2 is 2.08 bits per heavy atom. The third-order valence-corrected chi connectivity index (χ3v) is 3.64. The molecule has 0 unspecified atom stereocenters. The van der Waals surface area contributed by atoms with Gasteiger partial charge in [0.05, 0.1) is 19.9 Å². The number of hydrogen-bond donors (Lipinski definition) is 1. The largest absolute Gasteiger partial charge is 0.493 e. The zero-order chi connectivity index (χ0) is 18.1. The minimum Gasteiger partial charge on any atom is -0.493 e. The summed E-state index contributed by atoms with van der Waals surface area (Å²) in [5.74, 6) is 0.988. The van der Waals surface area contributed by atoms with E-state index in [0.29, 0.717) is 28.7 Å². The van der Waals surface area contributed by atoms with E-state index in [1.165, 1.54) is 0 Å². The van der Waals surface area contributed by atoms with Crippen LogP contribution >= 0.6 is 11.6 Å². The molecule has 0 saturated heterocycles. The molecule has 0 fully saturated rings. The first-order valence-electron chi connectivity index (χ1n) is 8.04. The minimum atomic E-state index is -0.328. The maximum atomic E-state index is 12.0. The predicted molar refractivity (Wildman–Crippen MR) is 99.9 cm³/mol. The second kappa shape index (κ2) is 9.69. The van der Waals surface area contributed by atoms with Crippen molar-refractivity contribution in [2.75, 3.05) is 13.7 Å². The molecule has 2 rings (SSSR count). The van der Waals surface area contributed by atoms with E-state index < -0.39 is 0 Å². The summed E-state index contributed by atoms with van der Waals surface area (Å²) in [4.78, 5) is 12.0. The molecule has 0 saturated carbocycles. The van der Waals surface area contributed by atoms with Crippen LogP contribution in [0.2, 0.25) is 5.02 Å². The molecule has 132 valence electrons. The number of hydrogen-bond acceptors (Lipinski definition) is 4. The number of nitrogens with one attached hydrogen (secondary N) is 1. The van der Waals surface area contributed by atoms with Gasteiger partial charge >= 0.3 is 0 Å². The van der Waals surface area contributed by atoms with Crippen LogP contribution in [0.1, 0.15) is 35.7 Å². The van der Waals surface area contributed by atoms with E-state index in [1.807, 2.05) is 12.1 Å². The van der Waals surface area contributed by atoms with Crippen LogP contribution in [0.3, 0.4) is 0 Å². The molecule has 1 N–H and O–H groups in total. The minimum absolute atomic E-state index is 0.328. The highest BCUT2D eigenvalue weighted by atomic mass is 35.5. The third-order valence-electron chi connectivity index (χ3n) is 3.41. The number of carbonyl (C=O) groups excluding carboxylic acids is 1. The molecule has 0 bridgehead atoms. The van der Waals surface area contributed by atoms with Crippen LogP contribution < -0.4 is 14.9 Å². The Bertz CT molecular complexity index is 747. The Hall–Kier alpha value is -2.53. The molecule has 0 heterocycles. The summed E-state index contributed by atoms with van der Waals surface area (Å²) in [7, 11) is 1.59. The summed E-state index contributed by atoms with van der Waals surface area (Å²) < 4.78 is 11.0. The molecule has 2 aromatic rings. The third kappa shape index (κ3) is 5.80. The highest BCUT2D eigenvalue weighted by Gasteiger charge is 2.06. The second-order valence-electron chi connectivity index (χ2n) is 5.32. The number of carbonyl (C=O) groups is 1. The van der Waals surface area contributed by atoms with Crippen molar-refractivity contribution in [3.05, 3.63) is 58.6 Å². The summed E-state index contributed by atoms with van der Waals surface area (Å²) in [6, 6.07) is 12.1. The van der Waals surface area contributed by atoms with Crippen LogP contribution in [0.25, 0.3) is 0 Å². The Balaban J connectivity index is 1.99. The maximum absolute atomic E-state index is 12.0. The fraction of sp³-hybridized carbons (Fsp3) is 0.263. The molecule has 0 radical (unpaired) electrons. The average Bonchev–Trinajstić information content (AvgIpc) is 2.62. The van der Waals surface area contributed by atoms with Gasteiger partial charge in [0.15, 0.2) is 11.5 Å². The van der Waals surface area contributed by atoms with E-state index in [4.69, 9.17) is 21.1 Å². The number of unbranched alkanes of at least 4 members (excludes halogenated alkanes) is 1. The van der Waals surface area contributed by atoms with Gasteiger partial charge < -0.3 is 9.47 Å². The van der Waals surface area contributed by atoms with Crippen LogP contribution in [0, 0.1) is 0 Å². The zero-order valence-corrected chi connectivity index (χ0v) is 15.0. The van der Waals surface area contributed by atoms with Crippen LogP contribution in [0.15, 0.2) is 47.6 Å². The Morgan fingerprint density at radius 3 is 2.80 bits per heavy atom. The first-order valence-corrected chi connectivity index (χ1v) is 8.41. The first-order chi connectivity index (χ1) is 12.1. The molecule has 25 heavy (non-hydrogen) atoms. The van der Waals surface area contributed by atoms with Gasteiger partial charge in [-0.2, -0.15) is 5.10 Å². The van der Waals surface area contributed by atoms with E-state index in [1.54, 1.807) is 43.7 Å². The summed E-state index contributed by atoms with van der Waals surface area (Å²) >= 11 is 5.87. The summed E-state index contributed by atoms with van der Waals surface area (Å²) in [5, 5.41) is 4.46. The molecular weight excluding hydrogens is 340 g/mol. The van der Waals surface area contributed by atoms with Gasteiger partial charge in [-0.05, 0) is 48.4 Å². The summed E-state index contributed by atoms with van der Waals surface area (Å²) in [6.07, 6.45) is 3.60. The van der Waals surface area contributed by atoms with Crippen LogP contribution in [0.4, 0.5) is 0 Å². The van der Waals surface area contributed by atoms with Crippen LogP contribution in [-0.2, 0) is 0 Å². The average molecular weight is 361 g/mol. The lowest BCUT2D eigenvalue weighted by molar-refractivity contribution is 0.0955. The molecule has 1 amide bonds. The monoisotopic (exact) mass is 360 g/mol. The molecular formula is C19H21ClN2O3. The molecule has 5 nitrogen and oxygen atoms in total. The fourth-order valence-electron chi connectivity index (χ4n) is 2.07. The van der Waals surface area contributed by atoms with Crippen LogP contribution in [-0.4, -0.2) is 25.8 Å². The lowest BCUT2D eigenvalue weighted by Gasteiger charge is -2.10. The maximum Gasteiger partial charge on any atom is 0.271 e. The SMILES string of the molecule is CCCCOc1ccc(/C=N\NC(=O)c2cccc(Cl)c2)cc1OC. The number of hydrazone groups is 1. The Kier molecular flexibility index (Phi) is 7.29. The molecule has 0 aliphatic heterocycles. The number of amides is 1. The highest BCUT2D eigenvalue weighted by molar-refractivity contribution is 6.30. The van der Waals surface area contributed by atoms with Gasteiger partial charge in [0, 0.05) is 10.6 Å². The molecule has 0 aliphatic carbocycles. The molecule has 0 atom stereocenters. The van der Waals surface area contributed by atoms with E-state index >= 15 is 0 Å². The molecule has 2 aromatic carbocycles. The molecule has 6 heteroatoms. The quantitative estimate of drug-likeness (QED) is 0.434. The Morgan fingerprint density at radius 1 is 1.24 bits per heavy atom. The van der Waals surface area contributed by atoms with Gasteiger partial charge in [-0.15, -0.1) is 0 Å².